The number of rotatable bonds is 2. The monoisotopic (exact) mass is 312 g/mol. The van der Waals surface area contributed by atoms with Crippen LogP contribution in [0.3, 0.4) is 0 Å². The number of nitrogens with zero attached hydrogens (tertiary/aromatic N) is 6. The maximum Gasteiger partial charge on any atom is 0.177 e. The molecule has 1 saturated heterocycles. The van der Waals surface area contributed by atoms with E-state index in [1.807, 2.05) is 23.5 Å². The predicted molar refractivity (Wildman–Crippen MR) is 85.2 cm³/mol. The van der Waals surface area contributed by atoms with Gasteiger partial charge >= 0.3 is 0 Å². The van der Waals surface area contributed by atoms with Crippen LogP contribution >= 0.6 is 11.3 Å². The molecule has 2 aliphatic heterocycles. The lowest BCUT2D eigenvalue weighted by atomic mass is 10.0. The molecule has 0 bridgehead atoms. The number of fused-ring (bicyclic) bond motifs is 2. The summed E-state index contributed by atoms with van der Waals surface area (Å²) in [6.45, 7) is 4.40. The van der Waals surface area contributed by atoms with Crippen molar-refractivity contribution in [3.8, 4) is 0 Å². The van der Waals surface area contributed by atoms with Gasteiger partial charge in [-0.2, -0.15) is 4.52 Å². The highest BCUT2D eigenvalue weighted by atomic mass is 32.1. The van der Waals surface area contributed by atoms with Crippen LogP contribution in [0.15, 0.2) is 29.9 Å². The average molecular weight is 312 g/mol. The number of hydrogen-bond acceptors (Lipinski definition) is 6. The largest absolute Gasteiger partial charge is 0.352 e. The molecular weight excluding hydrogens is 296 g/mol. The van der Waals surface area contributed by atoms with Gasteiger partial charge in [-0.25, -0.2) is 0 Å². The van der Waals surface area contributed by atoms with Crippen molar-refractivity contribution in [3.63, 3.8) is 0 Å². The van der Waals surface area contributed by atoms with E-state index >= 15 is 0 Å². The van der Waals surface area contributed by atoms with Crippen LogP contribution in [0.4, 0.5) is 5.82 Å². The van der Waals surface area contributed by atoms with Crippen molar-refractivity contribution >= 4 is 22.8 Å². The van der Waals surface area contributed by atoms with Crippen LogP contribution in [0.5, 0.6) is 0 Å². The summed E-state index contributed by atoms with van der Waals surface area (Å²) in [5, 5.41) is 14.7. The standard InChI is InChI=1S/C15H16N6S/c1-2-15(18-21-10-16-17-14(1)21)20-8-12(9-20)19-5-3-13-11(7-19)4-6-22-13/h1-2,4,6,10,12H,3,5,7-9H2. The van der Waals surface area contributed by atoms with Gasteiger partial charge in [0.1, 0.15) is 12.1 Å². The van der Waals surface area contributed by atoms with E-state index in [-0.39, 0.29) is 0 Å². The molecule has 0 amide bonds. The lowest BCUT2D eigenvalue weighted by Gasteiger charge is -2.47. The molecule has 0 unspecified atom stereocenters. The second kappa shape index (κ2) is 4.76. The Morgan fingerprint density at radius 2 is 2.14 bits per heavy atom. The fourth-order valence-electron chi connectivity index (χ4n) is 3.34. The number of anilines is 1. The molecule has 0 N–H and O–H groups in total. The van der Waals surface area contributed by atoms with Crippen molar-refractivity contribution < 1.29 is 0 Å². The Balaban J connectivity index is 1.28. The zero-order valence-corrected chi connectivity index (χ0v) is 12.9. The summed E-state index contributed by atoms with van der Waals surface area (Å²) in [4.78, 5) is 6.52. The number of aromatic nitrogens is 4. The Morgan fingerprint density at radius 1 is 1.18 bits per heavy atom. The van der Waals surface area contributed by atoms with Crippen molar-refractivity contribution in [1.29, 1.82) is 0 Å². The van der Waals surface area contributed by atoms with Crippen LogP contribution in [-0.4, -0.2) is 50.4 Å². The van der Waals surface area contributed by atoms with E-state index in [0.717, 1.165) is 31.1 Å². The van der Waals surface area contributed by atoms with Crippen LogP contribution in [0, 0.1) is 0 Å². The quantitative estimate of drug-likeness (QED) is 0.716. The van der Waals surface area contributed by atoms with Crippen molar-refractivity contribution in [1.82, 2.24) is 24.7 Å². The molecule has 0 aromatic carbocycles. The summed E-state index contributed by atoms with van der Waals surface area (Å²) >= 11 is 1.90. The van der Waals surface area contributed by atoms with Crippen LogP contribution in [0.2, 0.25) is 0 Å². The second-order valence-corrected chi connectivity index (χ2v) is 6.97. The molecule has 0 aliphatic carbocycles. The van der Waals surface area contributed by atoms with Gasteiger partial charge in [-0.1, -0.05) is 0 Å². The van der Waals surface area contributed by atoms with Crippen molar-refractivity contribution in [3.05, 3.63) is 40.3 Å². The van der Waals surface area contributed by atoms with E-state index in [2.05, 4.69) is 36.5 Å². The van der Waals surface area contributed by atoms with Gasteiger partial charge in [0.05, 0.1) is 0 Å². The molecule has 0 atom stereocenters. The van der Waals surface area contributed by atoms with Crippen molar-refractivity contribution in [2.45, 2.75) is 19.0 Å². The van der Waals surface area contributed by atoms with E-state index in [4.69, 9.17) is 0 Å². The summed E-state index contributed by atoms with van der Waals surface area (Å²) in [5.74, 6) is 1.01. The summed E-state index contributed by atoms with van der Waals surface area (Å²) in [6, 6.07) is 6.94. The molecule has 0 saturated carbocycles. The molecule has 1 fully saturated rings. The Morgan fingerprint density at radius 3 is 3.09 bits per heavy atom. The van der Waals surface area contributed by atoms with Crippen LogP contribution in [-0.2, 0) is 13.0 Å². The highest BCUT2D eigenvalue weighted by Crippen LogP contribution is 2.29. The van der Waals surface area contributed by atoms with Crippen LogP contribution < -0.4 is 4.90 Å². The molecule has 6 nitrogen and oxygen atoms in total. The third-order valence-electron chi connectivity index (χ3n) is 4.69. The molecule has 3 aromatic rings. The molecule has 0 radical (unpaired) electrons. The Bertz CT molecular complexity index is 818. The lowest BCUT2D eigenvalue weighted by Crippen LogP contribution is -2.60. The number of hydrogen-bond donors (Lipinski definition) is 0. The van der Waals surface area contributed by atoms with E-state index in [1.165, 1.54) is 18.5 Å². The fourth-order valence-corrected chi connectivity index (χ4v) is 4.23. The topological polar surface area (TPSA) is 49.6 Å². The summed E-state index contributed by atoms with van der Waals surface area (Å²) in [6.07, 6.45) is 2.85. The van der Waals surface area contributed by atoms with Crippen molar-refractivity contribution in [2.75, 3.05) is 24.5 Å². The van der Waals surface area contributed by atoms with Gasteiger partial charge in [-0.15, -0.1) is 26.6 Å². The maximum atomic E-state index is 4.57. The second-order valence-electron chi connectivity index (χ2n) is 5.97. The van der Waals surface area contributed by atoms with Gasteiger partial charge in [0.25, 0.3) is 0 Å². The SMILES string of the molecule is c1cc2c(s1)CCN(C1CN(c3ccc4nncn4n3)C1)C2. The van der Waals surface area contributed by atoms with Gasteiger partial charge < -0.3 is 4.90 Å². The molecular formula is C15H16N6S. The molecule has 112 valence electrons. The molecule has 2 aliphatic rings. The molecule has 5 rings (SSSR count). The van der Waals surface area contributed by atoms with Crippen LogP contribution in [0.25, 0.3) is 5.65 Å². The first kappa shape index (κ1) is 12.5. The minimum Gasteiger partial charge on any atom is -0.352 e. The zero-order chi connectivity index (χ0) is 14.5. The van der Waals surface area contributed by atoms with E-state index < -0.39 is 0 Å². The first-order valence-electron chi connectivity index (χ1n) is 7.58. The van der Waals surface area contributed by atoms with Gasteiger partial charge in [-0.05, 0) is 35.6 Å². The predicted octanol–water partition coefficient (Wildman–Crippen LogP) is 1.43. The first-order valence-corrected chi connectivity index (χ1v) is 8.46. The highest BCUT2D eigenvalue weighted by Gasteiger charge is 2.34. The number of thiophene rings is 1. The Labute approximate surface area is 132 Å². The fraction of sp³-hybridized carbons (Fsp3) is 0.400. The lowest BCUT2D eigenvalue weighted by molar-refractivity contribution is 0.151. The van der Waals surface area contributed by atoms with Gasteiger partial charge in [0.15, 0.2) is 5.65 Å². The van der Waals surface area contributed by atoms with Gasteiger partial charge in [0.2, 0.25) is 0 Å². The van der Waals surface area contributed by atoms with Crippen LogP contribution in [0.1, 0.15) is 10.4 Å². The maximum absolute atomic E-state index is 4.57. The first-order chi connectivity index (χ1) is 10.9. The normalized spacial score (nSPS) is 19.4. The molecule has 22 heavy (non-hydrogen) atoms. The molecule has 0 spiro atoms. The third-order valence-corrected chi connectivity index (χ3v) is 5.71. The summed E-state index contributed by atoms with van der Waals surface area (Å²) < 4.78 is 1.74. The van der Waals surface area contributed by atoms with Crippen molar-refractivity contribution in [2.24, 2.45) is 0 Å². The molecule has 7 heteroatoms. The van der Waals surface area contributed by atoms with E-state index in [9.17, 15) is 0 Å². The van der Waals surface area contributed by atoms with Gasteiger partial charge in [-0.3, -0.25) is 4.90 Å². The van der Waals surface area contributed by atoms with E-state index in [1.54, 1.807) is 15.7 Å². The Hall–Kier alpha value is -1.99. The average Bonchev–Trinajstić information content (AvgIpc) is 3.13. The summed E-state index contributed by atoms with van der Waals surface area (Å²) in [5.41, 5.74) is 2.32. The highest BCUT2D eigenvalue weighted by molar-refractivity contribution is 7.10. The smallest absolute Gasteiger partial charge is 0.177 e. The molecule has 5 heterocycles. The van der Waals surface area contributed by atoms with E-state index in [0.29, 0.717) is 6.04 Å². The Kier molecular flexibility index (Phi) is 2.71. The zero-order valence-electron chi connectivity index (χ0n) is 12.1. The third kappa shape index (κ3) is 1.93. The minimum atomic E-state index is 0.645. The minimum absolute atomic E-state index is 0.645. The molecule has 3 aromatic heterocycles. The summed E-state index contributed by atoms with van der Waals surface area (Å²) in [7, 11) is 0. The van der Waals surface area contributed by atoms with Gasteiger partial charge in [0, 0.05) is 37.1 Å².